The van der Waals surface area contributed by atoms with E-state index < -0.39 is 0 Å². The van der Waals surface area contributed by atoms with E-state index in [9.17, 15) is 0 Å². The lowest BCUT2D eigenvalue weighted by molar-refractivity contribution is 0.184. The highest BCUT2D eigenvalue weighted by atomic mass is 79.9. The second-order valence-corrected chi connectivity index (χ2v) is 6.00. The molecule has 1 fully saturated rings. The fourth-order valence-electron chi connectivity index (χ4n) is 2.27. The molecule has 0 aliphatic heterocycles. The molecule has 1 heterocycles. The van der Waals surface area contributed by atoms with Gasteiger partial charge < -0.3 is 9.15 Å². The van der Waals surface area contributed by atoms with Gasteiger partial charge in [0.1, 0.15) is 18.1 Å². The molecule has 0 unspecified atom stereocenters. The Bertz CT molecular complexity index is 537. The zero-order chi connectivity index (χ0) is 13.8. The van der Waals surface area contributed by atoms with E-state index in [4.69, 9.17) is 9.15 Å². The highest BCUT2D eigenvalue weighted by molar-refractivity contribution is 9.10. The number of ether oxygens (including phenoxy) is 1. The van der Waals surface area contributed by atoms with Crippen molar-refractivity contribution in [1.29, 1.82) is 0 Å². The van der Waals surface area contributed by atoms with Gasteiger partial charge in [-0.1, -0.05) is 22.0 Å². The van der Waals surface area contributed by atoms with Crippen LogP contribution in [0.3, 0.4) is 0 Å². The van der Waals surface area contributed by atoms with Crippen LogP contribution in [0.4, 0.5) is 0 Å². The molecule has 0 N–H and O–H groups in total. The Morgan fingerprint density at radius 3 is 2.85 bits per heavy atom. The van der Waals surface area contributed by atoms with E-state index in [2.05, 4.69) is 20.8 Å². The lowest BCUT2D eigenvalue weighted by atomic mass is 10.3. The lowest BCUT2D eigenvalue weighted by Gasteiger charge is -2.20. The van der Waals surface area contributed by atoms with E-state index in [0.29, 0.717) is 12.6 Å². The van der Waals surface area contributed by atoms with Gasteiger partial charge in [0.25, 0.3) is 0 Å². The smallest absolute Gasteiger partial charge is 0.120 e. The van der Waals surface area contributed by atoms with Gasteiger partial charge in [0, 0.05) is 17.1 Å². The Labute approximate surface area is 127 Å². The second-order valence-electron chi connectivity index (χ2n) is 5.09. The molecule has 1 aromatic heterocycles. The van der Waals surface area contributed by atoms with Crippen molar-refractivity contribution in [3.63, 3.8) is 0 Å². The van der Waals surface area contributed by atoms with Crippen molar-refractivity contribution in [2.24, 2.45) is 0 Å². The van der Waals surface area contributed by atoms with Crippen molar-refractivity contribution in [3.8, 4) is 5.75 Å². The van der Waals surface area contributed by atoms with Gasteiger partial charge in [0.15, 0.2) is 0 Å². The topological polar surface area (TPSA) is 25.6 Å². The Morgan fingerprint density at radius 2 is 2.15 bits per heavy atom. The zero-order valence-corrected chi connectivity index (χ0v) is 12.9. The third kappa shape index (κ3) is 3.87. The molecule has 0 atom stereocenters. The maximum Gasteiger partial charge on any atom is 0.120 e. The molecule has 1 saturated carbocycles. The first-order valence-electron chi connectivity index (χ1n) is 6.96. The average Bonchev–Trinajstić information content (AvgIpc) is 3.16. The first-order chi connectivity index (χ1) is 9.81. The van der Waals surface area contributed by atoms with Crippen LogP contribution < -0.4 is 4.74 Å². The summed E-state index contributed by atoms with van der Waals surface area (Å²) in [5.41, 5.74) is 0. The molecule has 0 spiro atoms. The maximum absolute atomic E-state index is 5.81. The molecule has 20 heavy (non-hydrogen) atoms. The number of furan rings is 1. The predicted molar refractivity (Wildman–Crippen MR) is 81.8 cm³/mol. The highest BCUT2D eigenvalue weighted by Crippen LogP contribution is 2.28. The van der Waals surface area contributed by atoms with E-state index in [0.717, 1.165) is 29.1 Å². The number of benzene rings is 1. The molecule has 1 aliphatic carbocycles. The van der Waals surface area contributed by atoms with Crippen LogP contribution in [0, 0.1) is 0 Å². The van der Waals surface area contributed by atoms with E-state index in [1.165, 1.54) is 12.8 Å². The van der Waals surface area contributed by atoms with Crippen LogP contribution in [0.1, 0.15) is 18.6 Å². The average molecular weight is 336 g/mol. The maximum atomic E-state index is 5.81. The summed E-state index contributed by atoms with van der Waals surface area (Å²) < 4.78 is 12.3. The van der Waals surface area contributed by atoms with Crippen LogP contribution in [-0.4, -0.2) is 24.1 Å². The first kappa shape index (κ1) is 13.7. The number of nitrogens with zero attached hydrogens (tertiary/aromatic N) is 1. The van der Waals surface area contributed by atoms with Crippen LogP contribution in [-0.2, 0) is 6.54 Å². The van der Waals surface area contributed by atoms with Crippen LogP contribution in [0.15, 0.2) is 51.6 Å². The monoisotopic (exact) mass is 335 g/mol. The number of hydrogen-bond donors (Lipinski definition) is 0. The summed E-state index contributed by atoms with van der Waals surface area (Å²) in [5.74, 6) is 1.94. The normalized spacial score (nSPS) is 14.7. The summed E-state index contributed by atoms with van der Waals surface area (Å²) in [7, 11) is 0. The fraction of sp³-hybridized carbons (Fsp3) is 0.375. The molecule has 0 radical (unpaired) electrons. The summed E-state index contributed by atoms with van der Waals surface area (Å²) in [4.78, 5) is 2.44. The van der Waals surface area contributed by atoms with Gasteiger partial charge in [0.2, 0.25) is 0 Å². The van der Waals surface area contributed by atoms with Crippen molar-refractivity contribution in [1.82, 2.24) is 4.90 Å². The molecule has 2 aromatic rings. The third-order valence-electron chi connectivity index (χ3n) is 3.45. The van der Waals surface area contributed by atoms with Crippen molar-refractivity contribution in [2.45, 2.75) is 25.4 Å². The number of rotatable bonds is 7. The quantitative estimate of drug-likeness (QED) is 0.762. The van der Waals surface area contributed by atoms with Crippen LogP contribution in [0.25, 0.3) is 0 Å². The van der Waals surface area contributed by atoms with E-state index in [-0.39, 0.29) is 0 Å². The summed E-state index contributed by atoms with van der Waals surface area (Å²) in [6.45, 7) is 2.51. The van der Waals surface area contributed by atoms with Gasteiger partial charge in [-0.25, -0.2) is 0 Å². The highest BCUT2D eigenvalue weighted by Gasteiger charge is 2.29. The minimum absolute atomic E-state index is 0.700. The Hall–Kier alpha value is -1.26. The van der Waals surface area contributed by atoms with Crippen LogP contribution in [0.5, 0.6) is 5.75 Å². The standard InChI is InChI=1S/C16H18BrNO2/c17-13-3-1-4-15(11-13)20-10-8-18(14-6-7-14)12-16-5-2-9-19-16/h1-5,9,11,14H,6-8,10,12H2. The molecule has 106 valence electrons. The fourth-order valence-corrected chi connectivity index (χ4v) is 2.65. The van der Waals surface area contributed by atoms with E-state index in [1.807, 2.05) is 36.4 Å². The first-order valence-corrected chi connectivity index (χ1v) is 7.75. The molecule has 0 amide bonds. The largest absolute Gasteiger partial charge is 0.492 e. The molecule has 1 aliphatic rings. The van der Waals surface area contributed by atoms with Gasteiger partial charge in [0.05, 0.1) is 12.8 Å². The van der Waals surface area contributed by atoms with Gasteiger partial charge in [-0.05, 0) is 43.2 Å². The molecule has 3 nitrogen and oxygen atoms in total. The third-order valence-corrected chi connectivity index (χ3v) is 3.94. The molecule has 1 aromatic carbocycles. The second kappa shape index (κ2) is 6.46. The minimum atomic E-state index is 0.700. The summed E-state index contributed by atoms with van der Waals surface area (Å²) >= 11 is 3.45. The van der Waals surface area contributed by atoms with E-state index >= 15 is 0 Å². The summed E-state index contributed by atoms with van der Waals surface area (Å²) in [6.07, 6.45) is 4.31. The Morgan fingerprint density at radius 1 is 1.25 bits per heavy atom. The Balaban J connectivity index is 1.50. The zero-order valence-electron chi connectivity index (χ0n) is 11.3. The van der Waals surface area contributed by atoms with Crippen molar-refractivity contribution >= 4 is 15.9 Å². The summed E-state index contributed by atoms with van der Waals surface area (Å²) in [6, 6.07) is 12.6. The summed E-state index contributed by atoms with van der Waals surface area (Å²) in [5, 5.41) is 0. The Kier molecular flexibility index (Phi) is 4.43. The molecular weight excluding hydrogens is 318 g/mol. The van der Waals surface area contributed by atoms with Crippen molar-refractivity contribution in [2.75, 3.05) is 13.2 Å². The van der Waals surface area contributed by atoms with Crippen molar-refractivity contribution in [3.05, 3.63) is 52.9 Å². The molecular formula is C16H18BrNO2. The van der Waals surface area contributed by atoms with Gasteiger partial charge in [-0.15, -0.1) is 0 Å². The SMILES string of the molecule is Brc1cccc(OCCN(Cc2ccco2)C2CC2)c1. The van der Waals surface area contributed by atoms with Crippen molar-refractivity contribution < 1.29 is 9.15 Å². The molecule has 3 rings (SSSR count). The number of halogens is 1. The van der Waals surface area contributed by atoms with Crippen LogP contribution >= 0.6 is 15.9 Å². The number of hydrogen-bond acceptors (Lipinski definition) is 3. The van der Waals surface area contributed by atoms with Gasteiger partial charge in [-0.2, -0.15) is 0 Å². The molecule has 4 heteroatoms. The van der Waals surface area contributed by atoms with Gasteiger partial charge in [-0.3, -0.25) is 4.90 Å². The lowest BCUT2D eigenvalue weighted by Crippen LogP contribution is -2.30. The van der Waals surface area contributed by atoms with Crippen LogP contribution in [0.2, 0.25) is 0 Å². The minimum Gasteiger partial charge on any atom is -0.492 e. The van der Waals surface area contributed by atoms with Gasteiger partial charge >= 0.3 is 0 Å². The molecule has 0 bridgehead atoms. The van der Waals surface area contributed by atoms with E-state index in [1.54, 1.807) is 6.26 Å². The molecule has 0 saturated heterocycles. The predicted octanol–water partition coefficient (Wildman–Crippen LogP) is 4.09.